The molecule has 152 valence electrons. The maximum Gasteiger partial charge on any atom is 0.238 e. The van der Waals surface area contributed by atoms with Crippen molar-refractivity contribution in [2.24, 2.45) is 5.14 Å². The van der Waals surface area contributed by atoms with E-state index < -0.39 is 10.0 Å². The molecule has 0 saturated carbocycles. The summed E-state index contributed by atoms with van der Waals surface area (Å²) in [6.07, 6.45) is 0. The lowest BCUT2D eigenvalue weighted by molar-refractivity contribution is 0.281. The second-order valence-electron chi connectivity index (χ2n) is 6.25. The predicted molar refractivity (Wildman–Crippen MR) is 117 cm³/mol. The van der Waals surface area contributed by atoms with E-state index in [4.69, 9.17) is 14.6 Å². The molecular weight excluding hydrogens is 456 g/mol. The predicted octanol–water partition coefficient (Wildman–Crippen LogP) is 4.30. The number of rotatable bonds is 8. The van der Waals surface area contributed by atoms with Crippen molar-refractivity contribution in [1.29, 1.82) is 0 Å². The number of halogens is 1. The molecule has 0 amide bonds. The molecule has 0 bridgehead atoms. The van der Waals surface area contributed by atoms with Crippen molar-refractivity contribution in [3.8, 4) is 11.5 Å². The van der Waals surface area contributed by atoms with Crippen LogP contribution >= 0.6 is 15.9 Å². The molecule has 3 aromatic rings. The molecule has 0 radical (unpaired) electrons. The van der Waals surface area contributed by atoms with E-state index in [0.717, 1.165) is 21.3 Å². The molecule has 3 N–H and O–H groups in total. The molecule has 0 aromatic heterocycles. The standard InChI is InChI=1S/C21H21BrN2O4S/c1-27-20-12-11-19(22)18(21(20)28-14-15-5-3-2-4-6-15)13-24-16-7-9-17(10-8-16)29(23,25)26/h2-12,24H,13-14H2,1H3,(H2,23,25,26). The van der Waals surface area contributed by atoms with Gasteiger partial charge in [-0.3, -0.25) is 0 Å². The van der Waals surface area contributed by atoms with E-state index >= 15 is 0 Å². The van der Waals surface area contributed by atoms with Gasteiger partial charge in [-0.2, -0.15) is 0 Å². The first kappa shape index (κ1) is 21.2. The number of hydrogen-bond donors (Lipinski definition) is 2. The number of nitrogens with one attached hydrogen (secondary N) is 1. The average molecular weight is 477 g/mol. The molecule has 0 saturated heterocycles. The van der Waals surface area contributed by atoms with Gasteiger partial charge in [-0.25, -0.2) is 13.6 Å². The molecule has 0 aliphatic heterocycles. The molecule has 0 spiro atoms. The Morgan fingerprint density at radius 2 is 1.69 bits per heavy atom. The summed E-state index contributed by atoms with van der Waals surface area (Å²) in [7, 11) is -2.12. The van der Waals surface area contributed by atoms with E-state index in [2.05, 4.69) is 21.2 Å². The molecule has 29 heavy (non-hydrogen) atoms. The monoisotopic (exact) mass is 476 g/mol. The first-order valence-electron chi connectivity index (χ1n) is 8.77. The lowest BCUT2D eigenvalue weighted by atomic mass is 10.1. The largest absolute Gasteiger partial charge is 0.493 e. The molecule has 0 aliphatic rings. The van der Waals surface area contributed by atoms with E-state index in [-0.39, 0.29) is 4.90 Å². The number of ether oxygens (including phenoxy) is 2. The Labute approximate surface area is 178 Å². The highest BCUT2D eigenvalue weighted by molar-refractivity contribution is 9.10. The first-order chi connectivity index (χ1) is 13.9. The molecule has 0 unspecified atom stereocenters. The van der Waals surface area contributed by atoms with Crippen molar-refractivity contribution in [3.05, 3.63) is 82.3 Å². The molecular formula is C21H21BrN2O4S. The van der Waals surface area contributed by atoms with Gasteiger partial charge in [-0.05, 0) is 42.0 Å². The Morgan fingerprint density at radius 1 is 1.00 bits per heavy atom. The lowest BCUT2D eigenvalue weighted by Crippen LogP contribution is -2.12. The number of nitrogens with two attached hydrogens (primary N) is 1. The van der Waals surface area contributed by atoms with E-state index in [1.165, 1.54) is 12.1 Å². The number of hydrogen-bond acceptors (Lipinski definition) is 5. The van der Waals surface area contributed by atoms with Crippen molar-refractivity contribution >= 4 is 31.6 Å². The van der Waals surface area contributed by atoms with Crippen LogP contribution in [0.4, 0.5) is 5.69 Å². The van der Waals surface area contributed by atoms with Crippen LogP contribution in [0.5, 0.6) is 11.5 Å². The molecule has 3 rings (SSSR count). The normalized spacial score (nSPS) is 11.1. The third-order valence-electron chi connectivity index (χ3n) is 4.27. The second kappa shape index (κ2) is 9.30. The van der Waals surface area contributed by atoms with E-state index in [1.807, 2.05) is 42.5 Å². The lowest BCUT2D eigenvalue weighted by Gasteiger charge is -2.18. The third kappa shape index (κ3) is 5.50. The minimum Gasteiger partial charge on any atom is -0.493 e. The van der Waals surface area contributed by atoms with Gasteiger partial charge in [0, 0.05) is 22.3 Å². The summed E-state index contributed by atoms with van der Waals surface area (Å²) in [4.78, 5) is 0.0671. The summed E-state index contributed by atoms with van der Waals surface area (Å²) in [6.45, 7) is 0.848. The van der Waals surface area contributed by atoms with E-state index in [0.29, 0.717) is 24.7 Å². The van der Waals surface area contributed by atoms with Crippen molar-refractivity contribution < 1.29 is 17.9 Å². The molecule has 8 heteroatoms. The summed E-state index contributed by atoms with van der Waals surface area (Å²) in [5.41, 5.74) is 2.68. The zero-order chi connectivity index (χ0) is 20.9. The Morgan fingerprint density at radius 3 is 2.31 bits per heavy atom. The fourth-order valence-corrected chi connectivity index (χ4v) is 3.72. The van der Waals surface area contributed by atoms with Gasteiger partial charge in [0.25, 0.3) is 0 Å². The Balaban J connectivity index is 1.80. The average Bonchev–Trinajstić information content (AvgIpc) is 2.72. The van der Waals surface area contributed by atoms with Crippen LogP contribution in [-0.2, 0) is 23.2 Å². The van der Waals surface area contributed by atoms with E-state index in [9.17, 15) is 8.42 Å². The topological polar surface area (TPSA) is 90.6 Å². The van der Waals surface area contributed by atoms with Crippen LogP contribution in [0.3, 0.4) is 0 Å². The highest BCUT2D eigenvalue weighted by Crippen LogP contribution is 2.37. The minimum atomic E-state index is -3.71. The Bertz CT molecular complexity index is 1070. The van der Waals surface area contributed by atoms with E-state index in [1.54, 1.807) is 19.2 Å². The summed E-state index contributed by atoms with van der Waals surface area (Å²) in [5, 5.41) is 8.41. The van der Waals surface area contributed by atoms with Crippen LogP contribution in [0.25, 0.3) is 0 Å². The number of sulfonamides is 1. The highest BCUT2D eigenvalue weighted by atomic mass is 79.9. The van der Waals surface area contributed by atoms with Crippen molar-refractivity contribution in [1.82, 2.24) is 0 Å². The van der Waals surface area contributed by atoms with Gasteiger partial charge in [-0.15, -0.1) is 0 Å². The van der Waals surface area contributed by atoms with Crippen molar-refractivity contribution in [2.45, 2.75) is 18.0 Å². The van der Waals surface area contributed by atoms with Crippen LogP contribution in [0.2, 0.25) is 0 Å². The quantitative estimate of drug-likeness (QED) is 0.505. The van der Waals surface area contributed by atoms with Gasteiger partial charge >= 0.3 is 0 Å². The zero-order valence-electron chi connectivity index (χ0n) is 15.8. The fourth-order valence-electron chi connectivity index (χ4n) is 2.75. The second-order valence-corrected chi connectivity index (χ2v) is 8.67. The number of benzene rings is 3. The number of methoxy groups -OCH3 is 1. The van der Waals surface area contributed by atoms with Gasteiger partial charge in [0.1, 0.15) is 6.61 Å². The molecule has 0 atom stereocenters. The SMILES string of the molecule is COc1ccc(Br)c(CNc2ccc(S(N)(=O)=O)cc2)c1OCc1ccccc1. The molecule has 3 aromatic carbocycles. The van der Waals surface area contributed by atoms with Crippen LogP contribution in [-0.4, -0.2) is 15.5 Å². The number of primary sulfonamides is 1. The molecule has 0 heterocycles. The molecule has 0 aliphatic carbocycles. The van der Waals surface area contributed by atoms with Gasteiger partial charge in [0.2, 0.25) is 10.0 Å². The van der Waals surface area contributed by atoms with Crippen molar-refractivity contribution in [2.75, 3.05) is 12.4 Å². The Kier molecular flexibility index (Phi) is 6.79. The maximum absolute atomic E-state index is 11.4. The fraction of sp³-hybridized carbons (Fsp3) is 0.143. The maximum atomic E-state index is 11.4. The highest BCUT2D eigenvalue weighted by Gasteiger charge is 2.15. The third-order valence-corrected chi connectivity index (χ3v) is 5.94. The van der Waals surface area contributed by atoms with Gasteiger partial charge in [0.15, 0.2) is 11.5 Å². The van der Waals surface area contributed by atoms with Crippen LogP contribution in [0.15, 0.2) is 76.1 Å². The Hall–Kier alpha value is -2.55. The van der Waals surface area contributed by atoms with Gasteiger partial charge in [0.05, 0.1) is 12.0 Å². The van der Waals surface area contributed by atoms with Crippen molar-refractivity contribution in [3.63, 3.8) is 0 Å². The van der Waals surface area contributed by atoms with Crippen LogP contribution in [0, 0.1) is 0 Å². The summed E-state index contributed by atoms with van der Waals surface area (Å²) < 4.78 is 35.2. The van der Waals surface area contributed by atoms with Crippen LogP contribution < -0.4 is 19.9 Å². The molecule has 6 nitrogen and oxygen atoms in total. The minimum absolute atomic E-state index is 0.0671. The summed E-state index contributed by atoms with van der Waals surface area (Å²) in [6, 6.07) is 19.9. The van der Waals surface area contributed by atoms with Gasteiger partial charge < -0.3 is 14.8 Å². The van der Waals surface area contributed by atoms with Gasteiger partial charge in [-0.1, -0.05) is 46.3 Å². The number of anilines is 1. The summed E-state index contributed by atoms with van der Waals surface area (Å²) in [5.74, 6) is 1.27. The smallest absolute Gasteiger partial charge is 0.238 e. The summed E-state index contributed by atoms with van der Waals surface area (Å²) >= 11 is 3.58. The van der Waals surface area contributed by atoms with Crippen LogP contribution in [0.1, 0.15) is 11.1 Å². The zero-order valence-corrected chi connectivity index (χ0v) is 18.2. The molecule has 0 fully saturated rings. The first-order valence-corrected chi connectivity index (χ1v) is 11.1.